The molecule has 0 aromatic rings. The van der Waals surface area contributed by atoms with E-state index in [0.717, 1.165) is 12.8 Å². The monoisotopic (exact) mass is 278 g/mol. The van der Waals surface area contributed by atoms with Crippen molar-refractivity contribution in [1.82, 2.24) is 5.32 Å². The molecule has 3 heteroatoms. The first-order chi connectivity index (χ1) is 9.74. The standard InChI is InChI=1S/C17H30N2O/c18-16-12-6-5-7-13(16)11-14(10-12)17(20)19-15-8-3-1-2-4-9-15/h12-16H,1-11,18H2,(H,19,20). The summed E-state index contributed by atoms with van der Waals surface area (Å²) < 4.78 is 0. The molecule has 2 unspecified atom stereocenters. The van der Waals surface area contributed by atoms with Gasteiger partial charge in [-0.05, 0) is 50.4 Å². The average Bonchev–Trinajstić information content (AvgIpc) is 2.67. The summed E-state index contributed by atoms with van der Waals surface area (Å²) in [5.74, 6) is 1.79. The Bertz CT molecular complexity index is 322. The van der Waals surface area contributed by atoms with Crippen LogP contribution < -0.4 is 11.1 Å². The maximum absolute atomic E-state index is 12.6. The van der Waals surface area contributed by atoms with E-state index in [1.165, 1.54) is 57.8 Å². The Morgan fingerprint density at radius 1 is 0.850 bits per heavy atom. The molecule has 0 heterocycles. The third-order valence-corrected chi connectivity index (χ3v) is 5.99. The second kappa shape index (κ2) is 6.46. The average molecular weight is 278 g/mol. The smallest absolute Gasteiger partial charge is 0.223 e. The number of hydrogen-bond acceptors (Lipinski definition) is 2. The zero-order chi connectivity index (χ0) is 13.9. The van der Waals surface area contributed by atoms with Gasteiger partial charge in [-0.1, -0.05) is 32.1 Å². The Hall–Kier alpha value is -0.570. The van der Waals surface area contributed by atoms with Crippen molar-refractivity contribution in [3.63, 3.8) is 0 Å². The maximum atomic E-state index is 12.6. The number of nitrogens with one attached hydrogen (secondary N) is 1. The van der Waals surface area contributed by atoms with Gasteiger partial charge in [0, 0.05) is 18.0 Å². The summed E-state index contributed by atoms with van der Waals surface area (Å²) in [6.45, 7) is 0. The normalized spacial score (nSPS) is 39.0. The van der Waals surface area contributed by atoms with E-state index in [0.29, 0.717) is 29.8 Å². The van der Waals surface area contributed by atoms with Crippen LogP contribution in [0.4, 0.5) is 0 Å². The van der Waals surface area contributed by atoms with Gasteiger partial charge in [0.25, 0.3) is 0 Å². The molecule has 3 fully saturated rings. The lowest BCUT2D eigenvalue weighted by atomic mass is 9.65. The van der Waals surface area contributed by atoms with Gasteiger partial charge in [-0.3, -0.25) is 4.79 Å². The molecule has 1 amide bonds. The summed E-state index contributed by atoms with van der Waals surface area (Å²) in [7, 11) is 0. The van der Waals surface area contributed by atoms with E-state index < -0.39 is 0 Å². The Kier molecular flexibility index (Phi) is 4.65. The molecule has 3 nitrogen and oxygen atoms in total. The van der Waals surface area contributed by atoms with Gasteiger partial charge in [0.2, 0.25) is 5.91 Å². The van der Waals surface area contributed by atoms with Crippen LogP contribution in [0.15, 0.2) is 0 Å². The van der Waals surface area contributed by atoms with Crippen molar-refractivity contribution < 1.29 is 4.79 Å². The molecule has 0 saturated heterocycles. The zero-order valence-electron chi connectivity index (χ0n) is 12.7. The first-order valence-corrected chi connectivity index (χ1v) is 8.80. The second-order valence-electron chi connectivity index (χ2n) is 7.39. The fourth-order valence-corrected chi connectivity index (χ4v) is 4.75. The second-order valence-corrected chi connectivity index (χ2v) is 7.39. The van der Waals surface area contributed by atoms with Crippen LogP contribution in [0, 0.1) is 17.8 Å². The van der Waals surface area contributed by atoms with E-state index >= 15 is 0 Å². The first kappa shape index (κ1) is 14.4. The van der Waals surface area contributed by atoms with Gasteiger partial charge in [0.1, 0.15) is 0 Å². The minimum atomic E-state index is 0.244. The quantitative estimate of drug-likeness (QED) is 0.763. The molecule has 3 rings (SSSR count). The fourth-order valence-electron chi connectivity index (χ4n) is 4.75. The van der Waals surface area contributed by atoms with Crippen molar-refractivity contribution in [3.8, 4) is 0 Å². The summed E-state index contributed by atoms with van der Waals surface area (Å²) in [5, 5.41) is 3.35. The van der Waals surface area contributed by atoms with Crippen molar-refractivity contribution in [1.29, 1.82) is 0 Å². The number of carbonyl (C=O) groups excluding carboxylic acids is 1. The molecule has 114 valence electrons. The van der Waals surface area contributed by atoms with E-state index in [1.54, 1.807) is 0 Å². The molecule has 3 aliphatic rings. The van der Waals surface area contributed by atoms with E-state index in [2.05, 4.69) is 5.32 Å². The highest BCUT2D eigenvalue weighted by atomic mass is 16.1. The molecular weight excluding hydrogens is 248 g/mol. The summed E-state index contributed by atoms with van der Waals surface area (Å²) in [6, 6.07) is 0.811. The van der Waals surface area contributed by atoms with E-state index in [4.69, 9.17) is 5.73 Å². The molecule has 3 N–H and O–H groups in total. The number of nitrogens with two attached hydrogens (primary N) is 1. The molecule has 20 heavy (non-hydrogen) atoms. The highest BCUT2D eigenvalue weighted by Gasteiger charge is 2.40. The largest absolute Gasteiger partial charge is 0.353 e. The van der Waals surface area contributed by atoms with Crippen molar-refractivity contribution in [2.24, 2.45) is 23.5 Å². The predicted octanol–water partition coefficient (Wildman–Crippen LogP) is 2.98. The topological polar surface area (TPSA) is 55.1 Å². The minimum Gasteiger partial charge on any atom is -0.353 e. The van der Waals surface area contributed by atoms with Gasteiger partial charge in [-0.25, -0.2) is 0 Å². The first-order valence-electron chi connectivity index (χ1n) is 8.80. The Balaban J connectivity index is 1.54. The highest BCUT2D eigenvalue weighted by Crippen LogP contribution is 2.42. The lowest BCUT2D eigenvalue weighted by Crippen LogP contribution is -2.50. The van der Waals surface area contributed by atoms with Crippen LogP contribution in [0.3, 0.4) is 0 Å². The maximum Gasteiger partial charge on any atom is 0.223 e. The van der Waals surface area contributed by atoms with Crippen molar-refractivity contribution in [3.05, 3.63) is 0 Å². The van der Waals surface area contributed by atoms with Gasteiger partial charge in [-0.2, -0.15) is 0 Å². The molecule has 3 aliphatic carbocycles. The number of fused-ring (bicyclic) bond motifs is 2. The van der Waals surface area contributed by atoms with E-state index in [9.17, 15) is 4.79 Å². The minimum absolute atomic E-state index is 0.244. The van der Waals surface area contributed by atoms with Crippen LogP contribution in [-0.4, -0.2) is 18.0 Å². The Labute approximate surface area is 123 Å². The predicted molar refractivity (Wildman–Crippen MR) is 81.2 cm³/mol. The number of rotatable bonds is 2. The Morgan fingerprint density at radius 2 is 1.45 bits per heavy atom. The SMILES string of the molecule is NC1C2CCCC1CC(C(=O)NC1CCCCCC1)C2. The van der Waals surface area contributed by atoms with Crippen LogP contribution >= 0.6 is 0 Å². The van der Waals surface area contributed by atoms with Crippen LogP contribution in [0.5, 0.6) is 0 Å². The van der Waals surface area contributed by atoms with Crippen molar-refractivity contribution in [2.45, 2.75) is 82.7 Å². The fraction of sp³-hybridized carbons (Fsp3) is 0.941. The zero-order valence-corrected chi connectivity index (χ0v) is 12.7. The lowest BCUT2D eigenvalue weighted by molar-refractivity contribution is -0.128. The molecule has 2 atom stereocenters. The van der Waals surface area contributed by atoms with Gasteiger partial charge in [0.05, 0.1) is 0 Å². The van der Waals surface area contributed by atoms with Crippen LogP contribution in [0.2, 0.25) is 0 Å². The third kappa shape index (κ3) is 3.19. The molecule has 0 aliphatic heterocycles. The molecule has 0 aromatic carbocycles. The molecule has 2 bridgehead atoms. The van der Waals surface area contributed by atoms with Gasteiger partial charge >= 0.3 is 0 Å². The van der Waals surface area contributed by atoms with Crippen LogP contribution in [-0.2, 0) is 4.79 Å². The number of amides is 1. The van der Waals surface area contributed by atoms with Gasteiger partial charge in [0.15, 0.2) is 0 Å². The summed E-state index contributed by atoms with van der Waals surface area (Å²) in [5.41, 5.74) is 6.32. The Morgan fingerprint density at radius 3 is 2.05 bits per heavy atom. The summed E-state index contributed by atoms with van der Waals surface area (Å²) >= 11 is 0. The molecule has 3 saturated carbocycles. The van der Waals surface area contributed by atoms with E-state index in [-0.39, 0.29) is 5.92 Å². The van der Waals surface area contributed by atoms with Crippen LogP contribution in [0.25, 0.3) is 0 Å². The number of carbonyl (C=O) groups is 1. The molecule has 0 radical (unpaired) electrons. The molecule has 0 aromatic heterocycles. The lowest BCUT2D eigenvalue weighted by Gasteiger charge is -2.43. The van der Waals surface area contributed by atoms with Gasteiger partial charge in [-0.15, -0.1) is 0 Å². The molecule has 0 spiro atoms. The highest BCUT2D eigenvalue weighted by molar-refractivity contribution is 5.79. The van der Waals surface area contributed by atoms with Crippen molar-refractivity contribution in [2.75, 3.05) is 0 Å². The molecular formula is C17H30N2O. The third-order valence-electron chi connectivity index (χ3n) is 5.99. The van der Waals surface area contributed by atoms with Crippen molar-refractivity contribution >= 4 is 5.91 Å². The van der Waals surface area contributed by atoms with Crippen LogP contribution in [0.1, 0.15) is 70.6 Å². The number of hydrogen-bond donors (Lipinski definition) is 2. The summed E-state index contributed by atoms with van der Waals surface area (Å²) in [4.78, 5) is 12.6. The van der Waals surface area contributed by atoms with Gasteiger partial charge < -0.3 is 11.1 Å². The summed E-state index contributed by atoms with van der Waals surface area (Å²) in [6.07, 6.45) is 13.5. The van der Waals surface area contributed by atoms with E-state index in [1.807, 2.05) is 0 Å².